The van der Waals surface area contributed by atoms with Crippen molar-refractivity contribution in [1.29, 1.82) is 0 Å². The number of ether oxygens (including phenoxy) is 3. The van der Waals surface area contributed by atoms with Gasteiger partial charge in [-0.15, -0.1) is 0 Å². The van der Waals surface area contributed by atoms with Crippen molar-refractivity contribution in [3.05, 3.63) is 78.1 Å². The lowest BCUT2D eigenvalue weighted by Gasteiger charge is -2.25. The van der Waals surface area contributed by atoms with Gasteiger partial charge < -0.3 is 19.5 Å². The molecule has 1 amide bonds. The number of halogens is 1. The van der Waals surface area contributed by atoms with E-state index in [4.69, 9.17) is 14.2 Å². The van der Waals surface area contributed by atoms with Gasteiger partial charge in [0.1, 0.15) is 37.9 Å². The number of amides is 1. The van der Waals surface area contributed by atoms with E-state index >= 15 is 0 Å². The minimum absolute atomic E-state index is 0.0799. The van der Waals surface area contributed by atoms with Gasteiger partial charge in [0.2, 0.25) is 5.91 Å². The highest BCUT2D eigenvalue weighted by atomic mass is 32.2. The molecule has 1 aliphatic heterocycles. The smallest absolute Gasteiger partial charge is 0.264 e. The average Bonchev–Trinajstić information content (AvgIpc) is 2.91. The Bertz CT molecular complexity index is 1310. The molecule has 0 saturated heterocycles. The predicted molar refractivity (Wildman–Crippen MR) is 137 cm³/mol. The normalized spacial score (nSPS) is 12.6. The van der Waals surface area contributed by atoms with Gasteiger partial charge in [0, 0.05) is 6.07 Å². The second-order valence-corrected chi connectivity index (χ2v) is 10.2. The van der Waals surface area contributed by atoms with E-state index in [9.17, 15) is 17.6 Å². The Labute approximate surface area is 216 Å². The number of carbonyl (C=O) groups excluding carboxylic acids is 1. The molecular formula is C27H29FN2O6S. The standard InChI is InChI=1S/C27H29FN2O6S/c1-2-3-20-4-10-23(11-5-20)34-15-14-29-27(31)19-30(22-8-6-21(28)7-9-22)37(32,33)24-12-13-25-26(18-24)36-17-16-35-25/h4-13,18H,2-3,14-17,19H2,1H3,(H,29,31). The number of anilines is 1. The number of rotatable bonds is 11. The number of fused-ring (bicyclic) bond motifs is 1. The van der Waals surface area contributed by atoms with Gasteiger partial charge in [0.25, 0.3) is 10.0 Å². The van der Waals surface area contributed by atoms with E-state index in [0.717, 1.165) is 29.3 Å². The topological polar surface area (TPSA) is 94.2 Å². The van der Waals surface area contributed by atoms with Crippen molar-refractivity contribution >= 4 is 21.6 Å². The van der Waals surface area contributed by atoms with Crippen molar-refractivity contribution in [3.63, 3.8) is 0 Å². The monoisotopic (exact) mass is 528 g/mol. The minimum Gasteiger partial charge on any atom is -0.492 e. The number of nitrogens with zero attached hydrogens (tertiary/aromatic N) is 1. The maximum atomic E-state index is 13.6. The first-order valence-corrected chi connectivity index (χ1v) is 13.5. The largest absolute Gasteiger partial charge is 0.492 e. The van der Waals surface area contributed by atoms with Crippen molar-refractivity contribution in [2.75, 3.05) is 37.2 Å². The molecule has 0 aromatic heterocycles. The Kier molecular flexibility index (Phi) is 8.50. The molecule has 0 saturated carbocycles. The zero-order valence-electron chi connectivity index (χ0n) is 20.5. The molecule has 1 heterocycles. The van der Waals surface area contributed by atoms with E-state index < -0.39 is 28.3 Å². The van der Waals surface area contributed by atoms with E-state index in [2.05, 4.69) is 12.2 Å². The van der Waals surface area contributed by atoms with Gasteiger partial charge in [0.15, 0.2) is 11.5 Å². The lowest BCUT2D eigenvalue weighted by Crippen LogP contribution is -2.42. The summed E-state index contributed by atoms with van der Waals surface area (Å²) in [4.78, 5) is 12.7. The van der Waals surface area contributed by atoms with E-state index in [1.165, 1.54) is 35.9 Å². The summed E-state index contributed by atoms with van der Waals surface area (Å²) in [5.74, 6) is 0.368. The Hall–Kier alpha value is -3.79. The van der Waals surface area contributed by atoms with Crippen molar-refractivity contribution < 1.29 is 31.8 Å². The Balaban J connectivity index is 1.43. The molecule has 0 bridgehead atoms. The summed E-state index contributed by atoms with van der Waals surface area (Å²) in [7, 11) is -4.19. The Morgan fingerprint density at radius 2 is 1.70 bits per heavy atom. The average molecular weight is 529 g/mol. The summed E-state index contributed by atoms with van der Waals surface area (Å²) in [6.45, 7) is 2.67. The molecule has 196 valence electrons. The highest BCUT2D eigenvalue weighted by Crippen LogP contribution is 2.34. The molecule has 8 nitrogen and oxygen atoms in total. The molecule has 1 aliphatic rings. The van der Waals surface area contributed by atoms with E-state index in [-0.39, 0.29) is 23.7 Å². The second kappa shape index (κ2) is 12.0. The van der Waals surface area contributed by atoms with Gasteiger partial charge in [-0.3, -0.25) is 9.10 Å². The van der Waals surface area contributed by atoms with Gasteiger partial charge >= 0.3 is 0 Å². The summed E-state index contributed by atoms with van der Waals surface area (Å²) in [6.07, 6.45) is 2.06. The molecule has 0 radical (unpaired) electrons. The first-order valence-electron chi connectivity index (χ1n) is 12.0. The van der Waals surface area contributed by atoms with Crippen LogP contribution >= 0.6 is 0 Å². The van der Waals surface area contributed by atoms with Crippen LogP contribution in [-0.4, -0.2) is 47.2 Å². The molecule has 37 heavy (non-hydrogen) atoms. The number of benzene rings is 3. The minimum atomic E-state index is -4.19. The SMILES string of the molecule is CCCc1ccc(OCCNC(=O)CN(c2ccc(F)cc2)S(=O)(=O)c2ccc3c(c2)OCCO3)cc1. The van der Waals surface area contributed by atoms with Crippen LogP contribution < -0.4 is 23.8 Å². The molecule has 0 fully saturated rings. The Morgan fingerprint density at radius 1 is 1.00 bits per heavy atom. The third-order valence-electron chi connectivity index (χ3n) is 5.66. The summed E-state index contributed by atoms with van der Waals surface area (Å²) in [5, 5.41) is 2.68. The van der Waals surface area contributed by atoms with Crippen LogP contribution in [0.1, 0.15) is 18.9 Å². The summed E-state index contributed by atoms with van der Waals surface area (Å²) >= 11 is 0. The fraction of sp³-hybridized carbons (Fsp3) is 0.296. The highest BCUT2D eigenvalue weighted by Gasteiger charge is 2.29. The molecule has 4 rings (SSSR count). The number of sulfonamides is 1. The fourth-order valence-electron chi connectivity index (χ4n) is 3.82. The van der Waals surface area contributed by atoms with Crippen LogP contribution in [0.3, 0.4) is 0 Å². The molecular weight excluding hydrogens is 499 g/mol. The van der Waals surface area contributed by atoms with Gasteiger partial charge in [0.05, 0.1) is 17.1 Å². The van der Waals surface area contributed by atoms with Gasteiger partial charge in [-0.05, 0) is 60.5 Å². The quantitative estimate of drug-likeness (QED) is 0.379. The third kappa shape index (κ3) is 6.71. The van der Waals surface area contributed by atoms with Crippen molar-refractivity contribution in [1.82, 2.24) is 5.32 Å². The number of carbonyl (C=O) groups is 1. The molecule has 1 N–H and O–H groups in total. The predicted octanol–water partition coefficient (Wildman–Crippen LogP) is 3.94. The summed E-state index contributed by atoms with van der Waals surface area (Å²) in [6, 6.07) is 16.9. The molecule has 3 aromatic carbocycles. The lowest BCUT2D eigenvalue weighted by molar-refractivity contribution is -0.119. The molecule has 10 heteroatoms. The molecule has 0 unspecified atom stereocenters. The van der Waals surface area contributed by atoms with Crippen LogP contribution in [0.4, 0.5) is 10.1 Å². The third-order valence-corrected chi connectivity index (χ3v) is 7.43. The summed E-state index contributed by atoms with van der Waals surface area (Å²) in [5.41, 5.74) is 1.37. The maximum absolute atomic E-state index is 13.6. The zero-order valence-corrected chi connectivity index (χ0v) is 21.3. The first-order chi connectivity index (χ1) is 17.9. The number of nitrogens with one attached hydrogen (secondary N) is 1. The molecule has 0 spiro atoms. The van der Waals surface area contributed by atoms with Crippen LogP contribution in [0.25, 0.3) is 0 Å². The van der Waals surface area contributed by atoms with Crippen LogP contribution in [0, 0.1) is 5.82 Å². The van der Waals surface area contributed by atoms with Crippen LogP contribution in [0.5, 0.6) is 17.2 Å². The van der Waals surface area contributed by atoms with Crippen LogP contribution in [0.2, 0.25) is 0 Å². The lowest BCUT2D eigenvalue weighted by atomic mass is 10.1. The van der Waals surface area contributed by atoms with Crippen molar-refractivity contribution in [2.45, 2.75) is 24.7 Å². The molecule has 0 atom stereocenters. The van der Waals surface area contributed by atoms with Gasteiger partial charge in [-0.25, -0.2) is 12.8 Å². The molecule has 0 aliphatic carbocycles. The van der Waals surface area contributed by atoms with Crippen LogP contribution in [-0.2, 0) is 21.2 Å². The summed E-state index contributed by atoms with van der Waals surface area (Å²) < 4.78 is 58.2. The van der Waals surface area contributed by atoms with Gasteiger partial charge in [-0.2, -0.15) is 0 Å². The number of hydrogen-bond donors (Lipinski definition) is 1. The van der Waals surface area contributed by atoms with Crippen molar-refractivity contribution in [3.8, 4) is 17.2 Å². The van der Waals surface area contributed by atoms with E-state index in [1.807, 2.05) is 24.3 Å². The van der Waals surface area contributed by atoms with E-state index in [1.54, 1.807) is 0 Å². The van der Waals surface area contributed by atoms with Gasteiger partial charge in [-0.1, -0.05) is 25.5 Å². The fourth-order valence-corrected chi connectivity index (χ4v) is 5.26. The maximum Gasteiger partial charge on any atom is 0.264 e. The van der Waals surface area contributed by atoms with E-state index in [0.29, 0.717) is 30.5 Å². The first kappa shape index (κ1) is 26.3. The Morgan fingerprint density at radius 3 is 2.41 bits per heavy atom. The molecule has 3 aromatic rings. The van der Waals surface area contributed by atoms with Crippen LogP contribution in [0.15, 0.2) is 71.6 Å². The highest BCUT2D eigenvalue weighted by molar-refractivity contribution is 7.92. The van der Waals surface area contributed by atoms with Crippen molar-refractivity contribution in [2.24, 2.45) is 0 Å². The number of hydrogen-bond acceptors (Lipinski definition) is 6. The zero-order chi connectivity index (χ0) is 26.3. The second-order valence-electron chi connectivity index (χ2n) is 8.39. The number of aryl methyl sites for hydroxylation is 1.